The molecule has 22 heavy (non-hydrogen) atoms. The van der Waals surface area contributed by atoms with E-state index in [1.165, 1.54) is 109 Å². The standard InChI is InChI=1S/C21H43N/c1-3-4-5-6-7-8-9-10-11-12-13-14-15-16-17-21-19-18-20(2)22-21/h20-22H,3-19H2,1-2H3. The summed E-state index contributed by atoms with van der Waals surface area (Å²) >= 11 is 0. The second kappa shape index (κ2) is 14.5. The van der Waals surface area contributed by atoms with Gasteiger partial charge >= 0.3 is 0 Å². The Kier molecular flexibility index (Phi) is 13.2. The molecule has 0 bridgehead atoms. The fraction of sp³-hybridized carbons (Fsp3) is 1.00. The Morgan fingerprint density at radius 3 is 1.50 bits per heavy atom. The van der Waals surface area contributed by atoms with Crippen LogP contribution in [0.2, 0.25) is 0 Å². The minimum atomic E-state index is 0.775. The van der Waals surface area contributed by atoms with Crippen LogP contribution in [0.4, 0.5) is 0 Å². The van der Waals surface area contributed by atoms with Gasteiger partial charge in [0.15, 0.2) is 0 Å². The largest absolute Gasteiger partial charge is 0.312 e. The van der Waals surface area contributed by atoms with E-state index < -0.39 is 0 Å². The number of unbranched alkanes of at least 4 members (excludes halogenated alkanes) is 13. The minimum Gasteiger partial charge on any atom is -0.312 e. The van der Waals surface area contributed by atoms with Gasteiger partial charge in [0, 0.05) is 12.1 Å². The van der Waals surface area contributed by atoms with Crippen molar-refractivity contribution in [2.75, 3.05) is 0 Å². The van der Waals surface area contributed by atoms with E-state index in [-0.39, 0.29) is 0 Å². The summed E-state index contributed by atoms with van der Waals surface area (Å²) in [6, 6.07) is 1.61. The number of hydrogen-bond donors (Lipinski definition) is 1. The van der Waals surface area contributed by atoms with Crippen molar-refractivity contribution in [3.8, 4) is 0 Å². The molecule has 1 aliphatic heterocycles. The van der Waals surface area contributed by atoms with Crippen molar-refractivity contribution in [1.29, 1.82) is 0 Å². The SMILES string of the molecule is CCCCCCCCCCCCCCCCC1CCC(C)N1. The van der Waals surface area contributed by atoms with Gasteiger partial charge in [-0.05, 0) is 26.2 Å². The predicted octanol–water partition coefficient (Wildman–Crippen LogP) is 7.00. The molecule has 1 heterocycles. The van der Waals surface area contributed by atoms with Crippen LogP contribution in [0.5, 0.6) is 0 Å². The van der Waals surface area contributed by atoms with Crippen molar-refractivity contribution in [3.05, 3.63) is 0 Å². The Labute approximate surface area is 141 Å². The van der Waals surface area contributed by atoms with Crippen molar-refractivity contribution in [2.24, 2.45) is 0 Å². The third kappa shape index (κ3) is 11.5. The van der Waals surface area contributed by atoms with E-state index in [4.69, 9.17) is 0 Å². The monoisotopic (exact) mass is 309 g/mol. The first-order valence-electron chi connectivity index (χ1n) is 10.6. The second-order valence-electron chi connectivity index (χ2n) is 7.73. The highest BCUT2D eigenvalue weighted by Gasteiger charge is 2.18. The summed E-state index contributed by atoms with van der Waals surface area (Å²) in [6.45, 7) is 4.62. The highest BCUT2D eigenvalue weighted by molar-refractivity contribution is 4.80. The molecule has 1 heteroatoms. The lowest BCUT2D eigenvalue weighted by Gasteiger charge is -2.11. The summed E-state index contributed by atoms with van der Waals surface area (Å²) in [5.41, 5.74) is 0. The van der Waals surface area contributed by atoms with Gasteiger partial charge in [-0.1, -0.05) is 96.8 Å². The average molecular weight is 310 g/mol. The Morgan fingerprint density at radius 1 is 0.636 bits per heavy atom. The van der Waals surface area contributed by atoms with Crippen LogP contribution in [-0.4, -0.2) is 12.1 Å². The van der Waals surface area contributed by atoms with Crippen molar-refractivity contribution in [3.63, 3.8) is 0 Å². The maximum absolute atomic E-state index is 3.70. The second-order valence-corrected chi connectivity index (χ2v) is 7.73. The van der Waals surface area contributed by atoms with E-state index in [0.717, 1.165) is 12.1 Å². The molecule has 0 aromatic carbocycles. The molecule has 1 fully saturated rings. The van der Waals surface area contributed by atoms with Crippen molar-refractivity contribution < 1.29 is 0 Å². The van der Waals surface area contributed by atoms with Crippen molar-refractivity contribution in [2.45, 2.75) is 135 Å². The van der Waals surface area contributed by atoms with Crippen LogP contribution in [0, 0.1) is 0 Å². The molecule has 0 aromatic heterocycles. The van der Waals surface area contributed by atoms with E-state index in [9.17, 15) is 0 Å². The summed E-state index contributed by atoms with van der Waals surface area (Å²) in [6.07, 6.45) is 24.7. The average Bonchev–Trinajstić information content (AvgIpc) is 2.93. The van der Waals surface area contributed by atoms with E-state index in [1.807, 2.05) is 0 Å². The molecule has 0 saturated carbocycles. The van der Waals surface area contributed by atoms with Gasteiger partial charge in [-0.25, -0.2) is 0 Å². The van der Waals surface area contributed by atoms with E-state index in [1.54, 1.807) is 0 Å². The van der Waals surface area contributed by atoms with Gasteiger partial charge in [0.2, 0.25) is 0 Å². The van der Waals surface area contributed by atoms with Gasteiger partial charge in [0.1, 0.15) is 0 Å². The fourth-order valence-corrected chi connectivity index (χ4v) is 3.83. The lowest BCUT2D eigenvalue weighted by Crippen LogP contribution is -2.26. The Balaban J connectivity index is 1.68. The van der Waals surface area contributed by atoms with E-state index in [0.29, 0.717) is 0 Å². The van der Waals surface area contributed by atoms with E-state index in [2.05, 4.69) is 19.2 Å². The third-order valence-electron chi connectivity index (χ3n) is 5.37. The van der Waals surface area contributed by atoms with Crippen LogP contribution in [0.25, 0.3) is 0 Å². The summed E-state index contributed by atoms with van der Waals surface area (Å²) < 4.78 is 0. The normalized spacial score (nSPS) is 21.5. The van der Waals surface area contributed by atoms with E-state index >= 15 is 0 Å². The van der Waals surface area contributed by atoms with Gasteiger partial charge < -0.3 is 5.32 Å². The van der Waals surface area contributed by atoms with Gasteiger partial charge in [-0.2, -0.15) is 0 Å². The molecular formula is C21H43N. The molecule has 1 nitrogen and oxygen atoms in total. The van der Waals surface area contributed by atoms with Gasteiger partial charge in [0.25, 0.3) is 0 Å². The molecule has 0 radical (unpaired) electrons. The van der Waals surface area contributed by atoms with Crippen LogP contribution in [0.1, 0.15) is 123 Å². The summed E-state index contributed by atoms with van der Waals surface area (Å²) in [5, 5.41) is 3.70. The maximum Gasteiger partial charge on any atom is 0.00701 e. The first-order chi connectivity index (χ1) is 10.8. The number of hydrogen-bond acceptors (Lipinski definition) is 1. The van der Waals surface area contributed by atoms with Crippen LogP contribution >= 0.6 is 0 Å². The van der Waals surface area contributed by atoms with Crippen LogP contribution in [-0.2, 0) is 0 Å². The number of rotatable bonds is 15. The Bertz CT molecular complexity index is 226. The minimum absolute atomic E-state index is 0.775. The van der Waals surface area contributed by atoms with Gasteiger partial charge in [0.05, 0.1) is 0 Å². The van der Waals surface area contributed by atoms with Crippen LogP contribution < -0.4 is 5.32 Å². The first-order valence-corrected chi connectivity index (χ1v) is 10.6. The highest BCUT2D eigenvalue weighted by atomic mass is 15.0. The zero-order chi connectivity index (χ0) is 15.9. The molecule has 1 N–H and O–H groups in total. The topological polar surface area (TPSA) is 12.0 Å². The molecular weight excluding hydrogens is 266 g/mol. The molecule has 1 saturated heterocycles. The summed E-state index contributed by atoms with van der Waals surface area (Å²) in [5.74, 6) is 0. The molecule has 2 unspecified atom stereocenters. The predicted molar refractivity (Wildman–Crippen MR) is 101 cm³/mol. The molecule has 1 aliphatic rings. The van der Waals surface area contributed by atoms with Crippen molar-refractivity contribution >= 4 is 0 Å². The zero-order valence-electron chi connectivity index (χ0n) is 15.7. The molecule has 0 spiro atoms. The molecule has 2 atom stereocenters. The smallest absolute Gasteiger partial charge is 0.00701 e. The van der Waals surface area contributed by atoms with Crippen molar-refractivity contribution in [1.82, 2.24) is 5.32 Å². The number of nitrogens with one attached hydrogen (secondary N) is 1. The maximum atomic E-state index is 3.70. The molecule has 1 rings (SSSR count). The zero-order valence-corrected chi connectivity index (χ0v) is 15.7. The van der Waals surface area contributed by atoms with Gasteiger partial charge in [-0.3, -0.25) is 0 Å². The highest BCUT2D eigenvalue weighted by Crippen LogP contribution is 2.18. The van der Waals surface area contributed by atoms with Gasteiger partial charge in [-0.15, -0.1) is 0 Å². The molecule has 132 valence electrons. The quantitative estimate of drug-likeness (QED) is 0.321. The fourth-order valence-electron chi connectivity index (χ4n) is 3.83. The molecule has 0 aliphatic carbocycles. The lowest BCUT2D eigenvalue weighted by atomic mass is 10.0. The first kappa shape index (κ1) is 20.0. The third-order valence-corrected chi connectivity index (χ3v) is 5.37. The summed E-state index contributed by atoms with van der Waals surface area (Å²) in [4.78, 5) is 0. The summed E-state index contributed by atoms with van der Waals surface area (Å²) in [7, 11) is 0. The Hall–Kier alpha value is -0.0400. The lowest BCUT2D eigenvalue weighted by molar-refractivity contribution is 0.483. The molecule has 0 aromatic rings. The molecule has 0 amide bonds. The van der Waals surface area contributed by atoms with Crippen LogP contribution in [0.3, 0.4) is 0 Å². The Morgan fingerprint density at radius 2 is 1.09 bits per heavy atom. The van der Waals surface area contributed by atoms with Crippen LogP contribution in [0.15, 0.2) is 0 Å².